The number of nitrogens with zero attached hydrogens (tertiary/aromatic N) is 1. The van der Waals surface area contributed by atoms with Crippen LogP contribution in [0.15, 0.2) is 59.5 Å². The number of nitrogens with one attached hydrogen (secondary N) is 1. The van der Waals surface area contributed by atoms with E-state index in [1.807, 2.05) is 44.2 Å². The van der Waals surface area contributed by atoms with Gasteiger partial charge in [-0.1, -0.05) is 56.3 Å². The number of hydrogen-bond acceptors (Lipinski definition) is 8. The highest BCUT2D eigenvalue weighted by molar-refractivity contribution is 7.89. The van der Waals surface area contributed by atoms with E-state index in [0.29, 0.717) is 31.6 Å². The number of primary amides is 1. The minimum absolute atomic E-state index is 0.0391. The van der Waals surface area contributed by atoms with Gasteiger partial charge in [-0.3, -0.25) is 4.79 Å². The number of fused-ring (bicyclic) bond motifs is 1. The maximum atomic E-state index is 13.9. The van der Waals surface area contributed by atoms with Crippen LogP contribution in [0, 0.1) is 23.7 Å². The fraction of sp³-hybridized carbons (Fsp3) is 0.576. The summed E-state index contributed by atoms with van der Waals surface area (Å²) in [6.07, 6.45) is -0.0537. The molecule has 7 atom stereocenters. The first-order valence-electron chi connectivity index (χ1n) is 15.8. The van der Waals surface area contributed by atoms with Crippen molar-refractivity contribution in [2.24, 2.45) is 29.4 Å². The molecule has 4 unspecified atom stereocenters. The van der Waals surface area contributed by atoms with Gasteiger partial charge in [0.15, 0.2) is 6.29 Å². The van der Waals surface area contributed by atoms with Gasteiger partial charge in [0.1, 0.15) is 6.10 Å². The molecule has 2 amide bonds. The number of amides is 2. The zero-order valence-electron chi connectivity index (χ0n) is 25.7. The third kappa shape index (κ3) is 6.48. The van der Waals surface area contributed by atoms with Gasteiger partial charge >= 0.3 is 6.09 Å². The van der Waals surface area contributed by atoms with Crippen molar-refractivity contribution < 1.29 is 37.3 Å². The van der Waals surface area contributed by atoms with E-state index >= 15 is 0 Å². The Balaban J connectivity index is 1.19. The molecule has 4 aliphatic rings. The number of ether oxygens (including phenoxy) is 3. The van der Waals surface area contributed by atoms with Crippen molar-refractivity contribution >= 4 is 22.0 Å². The molecule has 2 aromatic carbocycles. The Morgan fingerprint density at radius 3 is 2.38 bits per heavy atom. The molecule has 2 saturated carbocycles. The van der Waals surface area contributed by atoms with E-state index in [2.05, 4.69) is 5.32 Å². The molecule has 0 spiro atoms. The van der Waals surface area contributed by atoms with Gasteiger partial charge in [-0.15, -0.1) is 0 Å². The van der Waals surface area contributed by atoms with E-state index in [-0.39, 0.29) is 60.5 Å². The zero-order valence-corrected chi connectivity index (χ0v) is 26.5. The molecule has 0 aromatic heterocycles. The predicted molar refractivity (Wildman–Crippen MR) is 164 cm³/mol. The van der Waals surface area contributed by atoms with Crippen molar-refractivity contribution in [2.75, 3.05) is 26.3 Å². The van der Waals surface area contributed by atoms with E-state index in [4.69, 9.17) is 19.9 Å². The van der Waals surface area contributed by atoms with Crippen molar-refractivity contribution in [2.45, 2.75) is 74.4 Å². The van der Waals surface area contributed by atoms with Crippen molar-refractivity contribution in [1.29, 1.82) is 0 Å². The lowest BCUT2D eigenvalue weighted by molar-refractivity contribution is -0.169. The molecule has 45 heavy (non-hydrogen) atoms. The van der Waals surface area contributed by atoms with Crippen LogP contribution in [0.4, 0.5) is 4.79 Å². The van der Waals surface area contributed by atoms with Crippen LogP contribution in [-0.2, 0) is 40.9 Å². The molecule has 2 saturated heterocycles. The van der Waals surface area contributed by atoms with Gasteiger partial charge in [0.2, 0.25) is 15.9 Å². The summed E-state index contributed by atoms with van der Waals surface area (Å²) in [4.78, 5) is 25.4. The molecule has 11 nitrogen and oxygen atoms in total. The van der Waals surface area contributed by atoms with E-state index in [1.54, 1.807) is 12.1 Å². The highest BCUT2D eigenvalue weighted by Gasteiger charge is 2.56. The Kier molecular flexibility index (Phi) is 8.97. The van der Waals surface area contributed by atoms with Gasteiger partial charge in [0.25, 0.3) is 0 Å². The van der Waals surface area contributed by atoms with Crippen LogP contribution in [0.2, 0.25) is 0 Å². The fourth-order valence-electron chi connectivity index (χ4n) is 7.22. The molecular formula is C33H43N3O8S. The maximum Gasteiger partial charge on any atom is 0.407 e. The standard InChI is InChI=1S/C33H43N3O8S/c1-20(2)16-36(45(40,41)24-10-8-23(9-11-24)33(12-13-33)31(34)38)17-28(37)27(14-21-6-4-3-5-7-21)35-32(39)44-29-22-15-25-26(29)19-43-30(25)42-18-22/h3-11,20,22,25-30,37H,12-19H2,1-2H3,(H2,34,38)(H,35,39)/t22-,25?,26?,27+,28-,29?,30?/m1/s1. The number of aliphatic hydroxyl groups excluding tert-OH is 1. The number of hydrogen-bond donors (Lipinski definition) is 3. The highest BCUT2D eigenvalue weighted by Crippen LogP contribution is 2.50. The summed E-state index contributed by atoms with van der Waals surface area (Å²) >= 11 is 0. The molecule has 2 aliphatic heterocycles. The van der Waals surface area contributed by atoms with E-state index in [0.717, 1.165) is 12.0 Å². The van der Waals surface area contributed by atoms with Crippen LogP contribution >= 0.6 is 0 Å². The number of carbonyl (C=O) groups is 2. The molecule has 2 heterocycles. The van der Waals surface area contributed by atoms with Crippen LogP contribution in [0.5, 0.6) is 0 Å². The Bertz CT molecular complexity index is 1480. The summed E-state index contributed by atoms with van der Waals surface area (Å²) in [6.45, 7) is 4.66. The normalized spacial score (nSPS) is 27.7. The summed E-state index contributed by atoms with van der Waals surface area (Å²) in [5.41, 5.74) is 6.45. The zero-order chi connectivity index (χ0) is 31.9. The number of benzene rings is 2. The first-order chi connectivity index (χ1) is 21.5. The lowest BCUT2D eigenvalue weighted by Crippen LogP contribution is -2.52. The molecule has 4 N–H and O–H groups in total. The average molecular weight is 642 g/mol. The third-order valence-corrected chi connectivity index (χ3v) is 11.7. The summed E-state index contributed by atoms with van der Waals surface area (Å²) in [5.74, 6) is -0.0755. The lowest BCUT2D eigenvalue weighted by atomic mass is 9.95. The highest BCUT2D eigenvalue weighted by atomic mass is 32.2. The molecule has 244 valence electrons. The molecule has 4 fully saturated rings. The SMILES string of the molecule is CC(C)CN(C[C@@H](O)[C@H](Cc1ccccc1)NC(=O)OC1C2COC3OC[C@H]1CC32)S(=O)(=O)c1ccc(C2(C(N)=O)CC2)cc1. The third-order valence-electron chi connectivity index (χ3n) is 9.82. The Hall–Kier alpha value is -3.03. The summed E-state index contributed by atoms with van der Waals surface area (Å²) in [7, 11) is -4.04. The van der Waals surface area contributed by atoms with Gasteiger partial charge < -0.3 is 30.4 Å². The van der Waals surface area contributed by atoms with E-state index < -0.39 is 39.6 Å². The first kappa shape index (κ1) is 31.9. The Morgan fingerprint density at radius 2 is 1.73 bits per heavy atom. The van der Waals surface area contributed by atoms with Crippen LogP contribution in [0.1, 0.15) is 44.2 Å². The van der Waals surface area contributed by atoms with Gasteiger partial charge in [-0.05, 0) is 54.9 Å². The smallest absolute Gasteiger partial charge is 0.407 e. The lowest BCUT2D eigenvalue weighted by Gasteiger charge is -2.31. The van der Waals surface area contributed by atoms with Crippen molar-refractivity contribution in [3.8, 4) is 0 Å². The molecule has 2 aromatic rings. The fourth-order valence-corrected chi connectivity index (χ4v) is 8.84. The molecule has 12 heteroatoms. The predicted octanol–water partition coefficient (Wildman–Crippen LogP) is 2.56. The minimum Gasteiger partial charge on any atom is -0.445 e. The summed E-state index contributed by atoms with van der Waals surface area (Å²) in [5, 5.41) is 14.4. The quantitative estimate of drug-likeness (QED) is 0.301. The number of rotatable bonds is 13. The summed E-state index contributed by atoms with van der Waals surface area (Å²) in [6, 6.07) is 14.8. The van der Waals surface area contributed by atoms with E-state index in [9.17, 15) is 23.1 Å². The first-order valence-corrected chi connectivity index (χ1v) is 17.2. The van der Waals surface area contributed by atoms with Crippen LogP contribution in [-0.4, -0.2) is 80.7 Å². The monoisotopic (exact) mass is 641 g/mol. The number of sulfonamides is 1. The molecule has 2 aliphatic carbocycles. The topological polar surface area (TPSA) is 157 Å². The Labute approximate surface area is 264 Å². The Morgan fingerprint density at radius 1 is 1.04 bits per heavy atom. The molecule has 2 bridgehead atoms. The van der Waals surface area contributed by atoms with Gasteiger partial charge in [0.05, 0.1) is 35.7 Å². The molecule has 0 radical (unpaired) electrons. The number of carbonyl (C=O) groups excluding carboxylic acids is 2. The van der Waals surface area contributed by atoms with Crippen molar-refractivity contribution in [3.05, 3.63) is 65.7 Å². The molecular weight excluding hydrogens is 598 g/mol. The number of aliphatic hydroxyl groups is 1. The van der Waals surface area contributed by atoms with Crippen LogP contribution in [0.25, 0.3) is 0 Å². The second-order valence-corrected chi connectivity index (χ2v) is 15.4. The van der Waals surface area contributed by atoms with E-state index in [1.165, 1.54) is 16.4 Å². The molecule has 6 rings (SSSR count). The van der Waals surface area contributed by atoms with Crippen LogP contribution < -0.4 is 11.1 Å². The summed E-state index contributed by atoms with van der Waals surface area (Å²) < 4.78 is 46.6. The van der Waals surface area contributed by atoms with Gasteiger partial charge in [0, 0.05) is 30.8 Å². The average Bonchev–Trinajstić information content (AvgIpc) is 3.66. The van der Waals surface area contributed by atoms with Crippen molar-refractivity contribution in [1.82, 2.24) is 9.62 Å². The van der Waals surface area contributed by atoms with Gasteiger partial charge in [-0.25, -0.2) is 13.2 Å². The minimum atomic E-state index is -4.04. The second kappa shape index (κ2) is 12.6. The largest absolute Gasteiger partial charge is 0.445 e. The second-order valence-electron chi connectivity index (χ2n) is 13.4. The number of nitrogens with two attached hydrogens (primary N) is 1. The van der Waals surface area contributed by atoms with Crippen molar-refractivity contribution in [3.63, 3.8) is 0 Å². The maximum absolute atomic E-state index is 13.9. The van der Waals surface area contributed by atoms with Crippen LogP contribution in [0.3, 0.4) is 0 Å². The van der Waals surface area contributed by atoms with Gasteiger partial charge in [-0.2, -0.15) is 4.31 Å². The number of alkyl carbamates (subject to hydrolysis) is 1.